The highest BCUT2D eigenvalue weighted by Gasteiger charge is 2.51. The fraction of sp³-hybridized carbons (Fsp3) is 0.588. The van der Waals surface area contributed by atoms with E-state index in [9.17, 15) is 4.79 Å². The van der Waals surface area contributed by atoms with Crippen molar-refractivity contribution in [1.82, 2.24) is 0 Å². The van der Waals surface area contributed by atoms with Gasteiger partial charge in [-0.3, -0.25) is 4.79 Å². The lowest BCUT2D eigenvalue weighted by Crippen LogP contribution is -2.41. The van der Waals surface area contributed by atoms with Crippen LogP contribution >= 0.6 is 0 Å². The molecule has 1 atom stereocenters. The van der Waals surface area contributed by atoms with E-state index >= 15 is 0 Å². The molecule has 1 aromatic rings. The lowest BCUT2D eigenvalue weighted by molar-refractivity contribution is -0.121. The van der Waals surface area contributed by atoms with Gasteiger partial charge in [0.1, 0.15) is 0 Å². The first-order valence-corrected chi connectivity index (χ1v) is 7.90. The van der Waals surface area contributed by atoms with Gasteiger partial charge in [-0.1, -0.05) is 30.3 Å². The minimum Gasteiger partial charge on any atom is -0.403 e. The molecule has 5 heteroatoms. The first-order valence-electron chi connectivity index (χ1n) is 7.90. The fourth-order valence-electron chi connectivity index (χ4n) is 2.66. The van der Waals surface area contributed by atoms with Gasteiger partial charge < -0.3 is 15.0 Å². The van der Waals surface area contributed by atoms with Gasteiger partial charge in [0.2, 0.25) is 5.91 Å². The molecular weight excluding hydrogens is 277 g/mol. The number of hydrogen-bond acceptors (Lipinski definition) is 3. The molecule has 22 heavy (non-hydrogen) atoms. The first kappa shape index (κ1) is 17.0. The second-order valence-electron chi connectivity index (χ2n) is 7.05. The van der Waals surface area contributed by atoms with Crippen LogP contribution in [0.5, 0.6) is 0 Å². The quantitative estimate of drug-likeness (QED) is 0.822. The average Bonchev–Trinajstić information content (AvgIpc) is 2.63. The Morgan fingerprint density at radius 1 is 1.14 bits per heavy atom. The Bertz CT molecular complexity index is 500. The highest BCUT2D eigenvalue weighted by molar-refractivity contribution is 6.46. The minimum absolute atomic E-state index is 0.241. The van der Waals surface area contributed by atoms with Gasteiger partial charge in [0.05, 0.1) is 11.2 Å². The van der Waals surface area contributed by atoms with E-state index in [4.69, 9.17) is 15.0 Å². The SMILES string of the molecule is CC1(C)OB(C[C@@H](CCc2ccccc2)C(N)=O)OC1(C)C. The molecule has 0 aliphatic carbocycles. The standard InChI is InChI=1S/C17H26BNO3/c1-16(2)17(3,4)22-18(21-16)12-14(15(19)20)11-10-13-8-6-5-7-9-13/h5-9,14H,10-12H2,1-4H3,(H2,19,20)/t14-/m1/s1. The van der Waals surface area contributed by atoms with E-state index in [1.54, 1.807) is 0 Å². The third-order valence-corrected chi connectivity index (χ3v) is 4.81. The van der Waals surface area contributed by atoms with Crippen LogP contribution in [0.4, 0.5) is 0 Å². The summed E-state index contributed by atoms with van der Waals surface area (Å²) < 4.78 is 11.9. The number of carbonyl (C=O) groups excluding carboxylic acids is 1. The molecule has 1 aliphatic heterocycles. The molecular formula is C17H26BNO3. The molecule has 1 fully saturated rings. The van der Waals surface area contributed by atoms with Crippen LogP contribution in [0.25, 0.3) is 0 Å². The Kier molecular flexibility index (Phi) is 4.98. The Balaban J connectivity index is 1.94. The van der Waals surface area contributed by atoms with Crippen LogP contribution in [0.1, 0.15) is 39.7 Å². The highest BCUT2D eigenvalue weighted by atomic mass is 16.7. The molecule has 1 aromatic carbocycles. The van der Waals surface area contributed by atoms with Crippen LogP contribution in [-0.4, -0.2) is 24.2 Å². The Morgan fingerprint density at radius 2 is 1.68 bits per heavy atom. The second-order valence-corrected chi connectivity index (χ2v) is 7.05. The van der Waals surface area contributed by atoms with Crippen molar-refractivity contribution in [3.05, 3.63) is 35.9 Å². The first-order chi connectivity index (χ1) is 10.2. The zero-order chi connectivity index (χ0) is 16.4. The van der Waals surface area contributed by atoms with E-state index < -0.39 is 0 Å². The van der Waals surface area contributed by atoms with Crippen LogP contribution in [0.15, 0.2) is 30.3 Å². The molecule has 0 aromatic heterocycles. The fourth-order valence-corrected chi connectivity index (χ4v) is 2.66. The van der Waals surface area contributed by atoms with E-state index in [1.807, 2.05) is 45.9 Å². The zero-order valence-electron chi connectivity index (χ0n) is 14.0. The topological polar surface area (TPSA) is 61.5 Å². The number of rotatable bonds is 6. The molecule has 4 nitrogen and oxygen atoms in total. The van der Waals surface area contributed by atoms with E-state index in [0.717, 1.165) is 6.42 Å². The molecule has 2 rings (SSSR count). The summed E-state index contributed by atoms with van der Waals surface area (Å²) in [7, 11) is -0.377. The van der Waals surface area contributed by atoms with Crippen molar-refractivity contribution in [3.63, 3.8) is 0 Å². The Labute approximate surface area is 133 Å². The number of carbonyl (C=O) groups is 1. The Morgan fingerprint density at radius 3 is 2.18 bits per heavy atom. The molecule has 0 radical (unpaired) electrons. The van der Waals surface area contributed by atoms with Crippen molar-refractivity contribution in [3.8, 4) is 0 Å². The van der Waals surface area contributed by atoms with Crippen molar-refractivity contribution in [1.29, 1.82) is 0 Å². The monoisotopic (exact) mass is 303 g/mol. The number of aryl methyl sites for hydroxylation is 1. The van der Waals surface area contributed by atoms with Crippen LogP contribution < -0.4 is 5.73 Å². The van der Waals surface area contributed by atoms with Crippen LogP contribution in [0, 0.1) is 5.92 Å². The van der Waals surface area contributed by atoms with Gasteiger partial charge in [0, 0.05) is 5.92 Å². The maximum Gasteiger partial charge on any atom is 0.458 e. The van der Waals surface area contributed by atoms with Crippen LogP contribution in [0.3, 0.4) is 0 Å². The smallest absolute Gasteiger partial charge is 0.403 e. The van der Waals surface area contributed by atoms with Crippen molar-refractivity contribution >= 4 is 13.0 Å². The summed E-state index contributed by atoms with van der Waals surface area (Å²) in [6.07, 6.45) is 2.05. The van der Waals surface area contributed by atoms with Gasteiger partial charge in [-0.25, -0.2) is 0 Å². The van der Waals surface area contributed by atoms with Gasteiger partial charge in [-0.15, -0.1) is 0 Å². The van der Waals surface area contributed by atoms with Gasteiger partial charge in [0.25, 0.3) is 0 Å². The molecule has 1 heterocycles. The van der Waals surface area contributed by atoms with Crippen molar-refractivity contribution in [2.45, 2.75) is 58.1 Å². The summed E-state index contributed by atoms with van der Waals surface area (Å²) in [5, 5.41) is 0. The molecule has 0 unspecified atom stereocenters. The van der Waals surface area contributed by atoms with E-state index in [-0.39, 0.29) is 30.1 Å². The largest absolute Gasteiger partial charge is 0.458 e. The number of nitrogens with two attached hydrogens (primary N) is 1. The number of hydrogen-bond donors (Lipinski definition) is 1. The maximum absolute atomic E-state index is 11.7. The third-order valence-electron chi connectivity index (χ3n) is 4.81. The second kappa shape index (κ2) is 6.43. The summed E-state index contributed by atoms with van der Waals surface area (Å²) in [6, 6.07) is 10.1. The summed E-state index contributed by atoms with van der Waals surface area (Å²) in [5.74, 6) is -0.527. The summed E-state index contributed by atoms with van der Waals surface area (Å²) in [5.41, 5.74) is 6.02. The average molecular weight is 303 g/mol. The van der Waals surface area contributed by atoms with Crippen LogP contribution in [0.2, 0.25) is 6.32 Å². The predicted molar refractivity (Wildman–Crippen MR) is 88.3 cm³/mol. The lowest BCUT2D eigenvalue weighted by atomic mass is 9.75. The molecule has 1 saturated heterocycles. The molecule has 2 N–H and O–H groups in total. The van der Waals surface area contributed by atoms with Crippen LogP contribution in [-0.2, 0) is 20.5 Å². The van der Waals surface area contributed by atoms with E-state index in [0.29, 0.717) is 12.7 Å². The maximum atomic E-state index is 11.7. The van der Waals surface area contributed by atoms with Gasteiger partial charge in [-0.05, 0) is 52.4 Å². The van der Waals surface area contributed by atoms with Gasteiger partial charge >= 0.3 is 7.12 Å². The Hall–Kier alpha value is -1.33. The van der Waals surface area contributed by atoms with Gasteiger partial charge in [0.15, 0.2) is 0 Å². The molecule has 1 aliphatic rings. The van der Waals surface area contributed by atoms with Crippen molar-refractivity contribution < 1.29 is 14.1 Å². The lowest BCUT2D eigenvalue weighted by Gasteiger charge is -2.32. The van der Waals surface area contributed by atoms with E-state index in [1.165, 1.54) is 5.56 Å². The molecule has 0 spiro atoms. The number of benzene rings is 1. The molecule has 0 saturated carbocycles. The highest BCUT2D eigenvalue weighted by Crippen LogP contribution is 2.38. The summed E-state index contributed by atoms with van der Waals surface area (Å²) >= 11 is 0. The molecule has 0 bridgehead atoms. The predicted octanol–water partition coefficient (Wildman–Crippen LogP) is 2.81. The van der Waals surface area contributed by atoms with Crippen molar-refractivity contribution in [2.75, 3.05) is 0 Å². The third kappa shape index (κ3) is 3.90. The summed E-state index contributed by atoms with van der Waals surface area (Å²) in [4.78, 5) is 11.7. The van der Waals surface area contributed by atoms with Crippen molar-refractivity contribution in [2.24, 2.45) is 11.7 Å². The molecule has 1 amide bonds. The normalized spacial score (nSPS) is 20.8. The zero-order valence-corrected chi connectivity index (χ0v) is 14.0. The minimum atomic E-state index is -0.377. The van der Waals surface area contributed by atoms with E-state index in [2.05, 4.69) is 12.1 Å². The number of amides is 1. The number of primary amides is 1. The van der Waals surface area contributed by atoms with Gasteiger partial charge in [-0.2, -0.15) is 0 Å². The molecule has 120 valence electrons. The summed E-state index contributed by atoms with van der Waals surface area (Å²) in [6.45, 7) is 8.04.